The normalized spacial score (nSPS) is 14.2. The van der Waals surface area contributed by atoms with Crippen molar-refractivity contribution in [3.8, 4) is 5.75 Å². The zero-order valence-electron chi connectivity index (χ0n) is 15.9. The van der Waals surface area contributed by atoms with Gasteiger partial charge in [-0.2, -0.15) is 0 Å². The second kappa shape index (κ2) is 6.24. The van der Waals surface area contributed by atoms with Gasteiger partial charge in [-0.15, -0.1) is 11.8 Å². The van der Waals surface area contributed by atoms with E-state index in [1.807, 2.05) is 30.0 Å². The summed E-state index contributed by atoms with van der Waals surface area (Å²) in [6, 6.07) is 7.72. The quantitative estimate of drug-likeness (QED) is 0.479. The van der Waals surface area contributed by atoms with Crippen LogP contribution in [0.1, 0.15) is 62.3 Å². The minimum absolute atomic E-state index is 0.293. The molecule has 0 unspecified atom stereocenters. The van der Waals surface area contributed by atoms with E-state index in [2.05, 4.69) is 62.3 Å². The highest BCUT2D eigenvalue weighted by Gasteiger charge is 2.59. The Balaban J connectivity index is 3.31. The first kappa shape index (κ1) is 19.6. The van der Waals surface area contributed by atoms with Gasteiger partial charge >= 0.3 is 0 Å². The molecule has 0 radical (unpaired) electrons. The molecule has 0 heterocycles. The Morgan fingerprint density at radius 2 is 1.23 bits per heavy atom. The van der Waals surface area contributed by atoms with Crippen molar-refractivity contribution < 1.29 is 5.11 Å². The van der Waals surface area contributed by atoms with Gasteiger partial charge in [0, 0.05) is 4.90 Å². The fraction of sp³-hybridized carbons (Fsp3) is 0.684. The highest BCUT2D eigenvalue weighted by molar-refractivity contribution is 8.01. The molecule has 1 aromatic rings. The van der Waals surface area contributed by atoms with Crippen molar-refractivity contribution in [3.05, 3.63) is 24.3 Å². The van der Waals surface area contributed by atoms with E-state index in [4.69, 9.17) is 0 Å². The van der Waals surface area contributed by atoms with Crippen molar-refractivity contribution in [2.75, 3.05) is 5.38 Å². The van der Waals surface area contributed by atoms with E-state index in [1.165, 1.54) is 0 Å². The zero-order valence-corrected chi connectivity index (χ0v) is 17.7. The predicted octanol–water partition coefficient (Wildman–Crippen LogP) is 6.87. The molecular weight excluding hydrogens is 304 g/mol. The Morgan fingerprint density at radius 3 is 1.59 bits per heavy atom. The Bertz CT molecular complexity index is 467. The first-order valence-electron chi connectivity index (χ1n) is 8.15. The molecule has 0 aliphatic rings. The third kappa shape index (κ3) is 3.56. The molecule has 0 atom stereocenters. The number of thioether (sulfide) groups is 1. The van der Waals surface area contributed by atoms with E-state index in [9.17, 15) is 5.11 Å². The van der Waals surface area contributed by atoms with Crippen molar-refractivity contribution in [3.63, 3.8) is 0 Å². The van der Waals surface area contributed by atoms with Gasteiger partial charge in [-0.25, -0.2) is 0 Å². The lowest BCUT2D eigenvalue weighted by atomic mass is 10.2. The van der Waals surface area contributed by atoms with Gasteiger partial charge in [0.2, 0.25) is 0 Å². The fourth-order valence-corrected chi connectivity index (χ4v) is 18.6. The molecule has 0 saturated carbocycles. The topological polar surface area (TPSA) is 20.2 Å². The monoisotopic (exact) mass is 338 g/mol. The number of para-hydroxylation sites is 1. The fourth-order valence-electron chi connectivity index (χ4n) is 4.79. The highest BCUT2D eigenvalue weighted by atomic mass is 32.2. The maximum Gasteiger partial charge on any atom is 0.129 e. The van der Waals surface area contributed by atoms with Crippen molar-refractivity contribution in [2.45, 2.75) is 82.3 Å². The molecule has 22 heavy (non-hydrogen) atoms. The molecule has 1 nitrogen and oxygen atoms in total. The van der Waals surface area contributed by atoms with Crippen LogP contribution in [0.4, 0.5) is 0 Å². The van der Waals surface area contributed by atoms with Crippen molar-refractivity contribution >= 4 is 19.8 Å². The van der Waals surface area contributed by atoms with Crippen LogP contribution < -0.4 is 0 Å². The van der Waals surface area contributed by atoms with Crippen LogP contribution in [0.25, 0.3) is 0 Å². The van der Waals surface area contributed by atoms with Crippen LogP contribution >= 0.6 is 11.8 Å². The third-order valence-electron chi connectivity index (χ3n) is 5.15. The minimum atomic E-state index is -1.75. The molecule has 1 N–H and O–H groups in total. The number of hydrogen-bond donors (Lipinski definition) is 1. The molecule has 0 spiro atoms. The van der Waals surface area contributed by atoms with Gasteiger partial charge in [-0.05, 0) is 32.6 Å². The summed E-state index contributed by atoms with van der Waals surface area (Å²) in [5, 5.41) is 12.1. The van der Waals surface area contributed by atoms with Crippen molar-refractivity contribution in [1.29, 1.82) is 0 Å². The standard InChI is InChI=1S/C19H34OSSi/c1-17(2,3)22(18(4,5)6,19(7,8)9)14-21-16-13-11-10-12-15(16)20/h10-13,20H,14H2,1-9H3. The molecule has 0 bridgehead atoms. The highest BCUT2D eigenvalue weighted by Crippen LogP contribution is 2.63. The van der Waals surface area contributed by atoms with E-state index >= 15 is 0 Å². The van der Waals surface area contributed by atoms with E-state index < -0.39 is 8.07 Å². The lowest BCUT2D eigenvalue weighted by molar-refractivity contribution is 0.462. The van der Waals surface area contributed by atoms with Crippen LogP contribution in [0.5, 0.6) is 5.75 Å². The Morgan fingerprint density at radius 1 is 0.818 bits per heavy atom. The first-order valence-corrected chi connectivity index (χ1v) is 11.3. The van der Waals surface area contributed by atoms with Gasteiger partial charge < -0.3 is 5.11 Å². The summed E-state index contributed by atoms with van der Waals surface area (Å²) in [5.74, 6) is 0.409. The van der Waals surface area contributed by atoms with Crippen LogP contribution in [0.3, 0.4) is 0 Å². The number of phenolic OH excluding ortho intramolecular Hbond substituents is 1. The molecule has 1 rings (SSSR count). The van der Waals surface area contributed by atoms with Crippen LogP contribution in [0, 0.1) is 0 Å². The largest absolute Gasteiger partial charge is 0.507 e. The molecule has 0 saturated heterocycles. The average molecular weight is 339 g/mol. The average Bonchev–Trinajstić information content (AvgIpc) is 2.26. The van der Waals surface area contributed by atoms with E-state index in [0.29, 0.717) is 20.9 Å². The Kier molecular flexibility index (Phi) is 5.57. The molecule has 1 aromatic carbocycles. The molecular formula is C19H34OSSi. The van der Waals surface area contributed by atoms with Crippen LogP contribution in [0.2, 0.25) is 15.1 Å². The van der Waals surface area contributed by atoms with Crippen LogP contribution in [0.15, 0.2) is 29.2 Å². The van der Waals surface area contributed by atoms with Gasteiger partial charge in [0.15, 0.2) is 0 Å². The van der Waals surface area contributed by atoms with Crippen molar-refractivity contribution in [2.24, 2.45) is 0 Å². The van der Waals surface area contributed by atoms with Crippen LogP contribution in [-0.4, -0.2) is 18.6 Å². The number of aromatic hydroxyl groups is 1. The smallest absolute Gasteiger partial charge is 0.129 e. The van der Waals surface area contributed by atoms with Crippen molar-refractivity contribution in [1.82, 2.24) is 0 Å². The van der Waals surface area contributed by atoms with E-state index in [1.54, 1.807) is 6.07 Å². The van der Waals surface area contributed by atoms with Gasteiger partial charge in [0.25, 0.3) is 0 Å². The molecule has 3 heteroatoms. The summed E-state index contributed by atoms with van der Waals surface area (Å²) in [5.41, 5.74) is 0. The second-order valence-electron chi connectivity index (χ2n) is 9.41. The maximum atomic E-state index is 10.1. The second-order valence-corrected chi connectivity index (χ2v) is 17.6. The predicted molar refractivity (Wildman–Crippen MR) is 104 cm³/mol. The van der Waals surface area contributed by atoms with Gasteiger partial charge in [0.1, 0.15) is 5.75 Å². The summed E-state index contributed by atoms with van der Waals surface area (Å²) in [6.45, 7) is 21.8. The lowest BCUT2D eigenvalue weighted by Crippen LogP contribution is -2.60. The molecule has 0 amide bonds. The van der Waals surface area contributed by atoms with Gasteiger partial charge in [-0.3, -0.25) is 0 Å². The first-order chi connectivity index (χ1) is 9.74. The molecule has 0 aliphatic carbocycles. The number of phenols is 1. The summed E-state index contributed by atoms with van der Waals surface area (Å²) in [4.78, 5) is 1.01. The Hall–Kier alpha value is -0.413. The summed E-state index contributed by atoms with van der Waals surface area (Å²) in [6.07, 6.45) is 0. The summed E-state index contributed by atoms with van der Waals surface area (Å²) >= 11 is 1.85. The van der Waals surface area contributed by atoms with E-state index in [0.717, 1.165) is 10.3 Å². The molecule has 0 aromatic heterocycles. The number of hydrogen-bond acceptors (Lipinski definition) is 2. The van der Waals surface area contributed by atoms with Gasteiger partial charge in [-0.1, -0.05) is 74.4 Å². The summed E-state index contributed by atoms with van der Waals surface area (Å²) < 4.78 is 0. The van der Waals surface area contributed by atoms with Gasteiger partial charge in [0.05, 0.1) is 8.07 Å². The third-order valence-corrected chi connectivity index (χ3v) is 15.8. The Labute approximate surface area is 142 Å². The minimum Gasteiger partial charge on any atom is -0.507 e. The maximum absolute atomic E-state index is 10.1. The summed E-state index contributed by atoms with van der Waals surface area (Å²) in [7, 11) is -1.75. The van der Waals surface area contributed by atoms with Crippen LogP contribution in [-0.2, 0) is 0 Å². The lowest BCUT2D eigenvalue weighted by Gasteiger charge is -2.59. The zero-order chi connectivity index (χ0) is 17.4. The number of benzene rings is 1. The SMILES string of the molecule is CC(C)(C)[Si](CSc1ccccc1O)(C(C)(C)C)C(C)(C)C. The number of rotatable bonds is 3. The molecule has 0 aliphatic heterocycles. The molecule has 0 fully saturated rings. The molecule has 126 valence electrons. The van der Waals surface area contributed by atoms with E-state index in [-0.39, 0.29) is 0 Å².